The molecule has 2 aromatic rings. The lowest BCUT2D eigenvalue weighted by atomic mass is 9.72. The van der Waals surface area contributed by atoms with Crippen LogP contribution < -0.4 is 20.1 Å². The first kappa shape index (κ1) is 31.5. The second-order valence-electron chi connectivity index (χ2n) is 10.9. The summed E-state index contributed by atoms with van der Waals surface area (Å²) >= 11 is 6.62. The standard InChI is InChI=1S/C31H41ClN6O4/c1-5-41-29-16-24-22(15-25(29)37-30(39)9-7-13-38(2)3)31(20(17-33)18-35-24)36-21-10-11-27(23(32)14-21)42-19-26-28(40-4)8-6-12-34-26/h6,8,10-12,14,20,22,25,29,31,36H,5,7,9,13,15-16,18-19H2,1-4H3,(H,37,39). The summed E-state index contributed by atoms with van der Waals surface area (Å²) in [4.78, 5) is 24.0. The number of nitrogens with one attached hydrogen (secondary N) is 2. The Morgan fingerprint density at radius 1 is 1.26 bits per heavy atom. The molecular weight excluding hydrogens is 556 g/mol. The number of carbonyl (C=O) groups is 1. The quantitative estimate of drug-likeness (QED) is 0.350. The maximum Gasteiger partial charge on any atom is 0.220 e. The molecule has 0 bridgehead atoms. The maximum atomic E-state index is 12.8. The van der Waals surface area contributed by atoms with Gasteiger partial charge in [-0.2, -0.15) is 5.26 Å². The molecule has 4 rings (SSSR count). The Morgan fingerprint density at radius 3 is 2.81 bits per heavy atom. The van der Waals surface area contributed by atoms with Crippen molar-refractivity contribution in [3.05, 3.63) is 47.2 Å². The highest BCUT2D eigenvalue weighted by atomic mass is 35.5. The fourth-order valence-electron chi connectivity index (χ4n) is 5.67. The van der Waals surface area contributed by atoms with Gasteiger partial charge in [0.25, 0.3) is 0 Å². The van der Waals surface area contributed by atoms with Crippen molar-refractivity contribution in [2.75, 3.05) is 46.2 Å². The number of carbonyl (C=O) groups excluding carboxylic acids is 1. The van der Waals surface area contributed by atoms with Crippen molar-refractivity contribution in [3.63, 3.8) is 0 Å². The molecule has 1 saturated carbocycles. The minimum atomic E-state index is -0.329. The number of benzene rings is 1. The molecule has 1 amide bonds. The lowest BCUT2D eigenvalue weighted by Gasteiger charge is -2.44. The molecule has 0 saturated heterocycles. The van der Waals surface area contributed by atoms with Gasteiger partial charge in [0.05, 0.1) is 48.9 Å². The molecule has 1 fully saturated rings. The monoisotopic (exact) mass is 596 g/mol. The minimum Gasteiger partial charge on any atom is -0.495 e. The van der Waals surface area contributed by atoms with Gasteiger partial charge in [0.1, 0.15) is 23.8 Å². The van der Waals surface area contributed by atoms with Crippen molar-refractivity contribution in [3.8, 4) is 17.6 Å². The van der Waals surface area contributed by atoms with Crippen molar-refractivity contribution in [2.45, 2.75) is 57.4 Å². The fraction of sp³-hybridized carbons (Fsp3) is 0.548. The van der Waals surface area contributed by atoms with E-state index in [0.29, 0.717) is 54.6 Å². The van der Waals surface area contributed by atoms with Crippen LogP contribution in [-0.2, 0) is 16.1 Å². The highest BCUT2D eigenvalue weighted by Gasteiger charge is 2.44. The number of halogens is 1. The van der Waals surface area contributed by atoms with Crippen LogP contribution in [0.2, 0.25) is 5.02 Å². The molecule has 1 aromatic carbocycles. The average molecular weight is 597 g/mol. The average Bonchev–Trinajstić information content (AvgIpc) is 2.97. The van der Waals surface area contributed by atoms with Gasteiger partial charge in [-0.3, -0.25) is 14.8 Å². The van der Waals surface area contributed by atoms with Gasteiger partial charge in [0, 0.05) is 43.0 Å². The number of rotatable bonds is 13. The Bertz CT molecular complexity index is 1280. The third kappa shape index (κ3) is 8.12. The Kier molecular flexibility index (Phi) is 11.4. The molecule has 1 aliphatic heterocycles. The van der Waals surface area contributed by atoms with Crippen LogP contribution in [0.3, 0.4) is 0 Å². The smallest absolute Gasteiger partial charge is 0.220 e. The zero-order chi connectivity index (χ0) is 30.1. The van der Waals surface area contributed by atoms with Crippen LogP contribution in [0.15, 0.2) is 41.5 Å². The van der Waals surface area contributed by atoms with E-state index in [-0.39, 0.29) is 42.5 Å². The van der Waals surface area contributed by atoms with E-state index in [1.807, 2.05) is 45.3 Å². The fourth-order valence-corrected chi connectivity index (χ4v) is 5.90. The molecule has 42 heavy (non-hydrogen) atoms. The van der Waals surface area contributed by atoms with Gasteiger partial charge in [-0.25, -0.2) is 0 Å². The van der Waals surface area contributed by atoms with E-state index in [1.165, 1.54) is 0 Å². The van der Waals surface area contributed by atoms with Gasteiger partial charge < -0.3 is 29.7 Å². The van der Waals surface area contributed by atoms with Gasteiger partial charge in [0.2, 0.25) is 5.91 Å². The second kappa shape index (κ2) is 15.2. The molecule has 11 heteroatoms. The third-order valence-electron chi connectivity index (χ3n) is 7.75. The Morgan fingerprint density at radius 2 is 2.10 bits per heavy atom. The summed E-state index contributed by atoms with van der Waals surface area (Å²) in [7, 11) is 5.59. The van der Waals surface area contributed by atoms with E-state index >= 15 is 0 Å². The number of aromatic nitrogens is 1. The van der Waals surface area contributed by atoms with E-state index in [4.69, 9.17) is 30.8 Å². The van der Waals surface area contributed by atoms with Crippen LogP contribution in [0.5, 0.6) is 11.5 Å². The molecule has 5 atom stereocenters. The molecule has 10 nitrogen and oxygen atoms in total. The number of ether oxygens (including phenoxy) is 3. The molecule has 5 unspecified atom stereocenters. The molecule has 1 aromatic heterocycles. The molecule has 2 N–H and O–H groups in total. The van der Waals surface area contributed by atoms with E-state index in [0.717, 1.165) is 24.4 Å². The summed E-state index contributed by atoms with van der Waals surface area (Å²) in [5.74, 6) is 0.830. The summed E-state index contributed by atoms with van der Waals surface area (Å²) in [5, 5.41) is 17.3. The SMILES string of the molecule is CCOC1CC2=NCC(C#N)C(Nc3ccc(OCc4ncccc4OC)c(Cl)c3)C2CC1NC(=O)CCCN(C)C. The number of hydrogen-bond acceptors (Lipinski definition) is 9. The zero-order valence-corrected chi connectivity index (χ0v) is 25.6. The van der Waals surface area contributed by atoms with Crippen LogP contribution in [0.1, 0.15) is 38.3 Å². The van der Waals surface area contributed by atoms with Gasteiger partial charge in [-0.15, -0.1) is 0 Å². The molecule has 2 heterocycles. The highest BCUT2D eigenvalue weighted by Crippen LogP contribution is 2.36. The normalized spacial score (nSPS) is 23.4. The topological polar surface area (TPSA) is 121 Å². The van der Waals surface area contributed by atoms with Gasteiger partial charge in [-0.1, -0.05) is 11.6 Å². The molecule has 0 radical (unpaired) electrons. The van der Waals surface area contributed by atoms with Crippen LogP contribution in [0.25, 0.3) is 0 Å². The number of nitrogens with zero attached hydrogens (tertiary/aromatic N) is 4. The first-order valence-electron chi connectivity index (χ1n) is 14.5. The number of hydrogen-bond donors (Lipinski definition) is 2. The number of methoxy groups -OCH3 is 1. The van der Waals surface area contributed by atoms with Gasteiger partial charge >= 0.3 is 0 Å². The largest absolute Gasteiger partial charge is 0.495 e. The molecule has 0 spiro atoms. The predicted molar refractivity (Wildman–Crippen MR) is 163 cm³/mol. The lowest BCUT2D eigenvalue weighted by Crippen LogP contribution is -2.56. The van der Waals surface area contributed by atoms with Crippen molar-refractivity contribution in [1.82, 2.24) is 15.2 Å². The maximum absolute atomic E-state index is 12.8. The summed E-state index contributed by atoms with van der Waals surface area (Å²) in [6.45, 7) is 4.00. The van der Waals surface area contributed by atoms with E-state index < -0.39 is 0 Å². The second-order valence-corrected chi connectivity index (χ2v) is 11.4. The molecule has 226 valence electrons. The lowest BCUT2D eigenvalue weighted by molar-refractivity contribution is -0.123. The number of pyridine rings is 1. The Hall–Kier alpha value is -3.39. The molecular formula is C31H41ClN6O4. The first-order chi connectivity index (χ1) is 20.3. The van der Waals surface area contributed by atoms with E-state index in [2.05, 4.69) is 26.6 Å². The number of anilines is 1. The minimum absolute atomic E-state index is 0.0230. The van der Waals surface area contributed by atoms with E-state index in [1.54, 1.807) is 19.4 Å². The summed E-state index contributed by atoms with van der Waals surface area (Å²) < 4.78 is 17.3. The third-order valence-corrected chi connectivity index (χ3v) is 8.05. The van der Waals surface area contributed by atoms with E-state index in [9.17, 15) is 10.1 Å². The van der Waals surface area contributed by atoms with Crippen molar-refractivity contribution >= 4 is 28.9 Å². The number of fused-ring (bicyclic) bond motifs is 1. The Labute approximate surface area is 253 Å². The summed E-state index contributed by atoms with van der Waals surface area (Å²) in [5.41, 5.74) is 2.49. The van der Waals surface area contributed by atoms with Gasteiger partial charge in [0.15, 0.2) is 0 Å². The van der Waals surface area contributed by atoms with Crippen LogP contribution in [0.4, 0.5) is 5.69 Å². The summed E-state index contributed by atoms with van der Waals surface area (Å²) in [6.07, 6.45) is 4.05. The molecule has 1 aliphatic carbocycles. The van der Waals surface area contributed by atoms with Crippen LogP contribution >= 0.6 is 11.6 Å². The number of amides is 1. The van der Waals surface area contributed by atoms with Crippen molar-refractivity contribution in [2.24, 2.45) is 16.8 Å². The van der Waals surface area contributed by atoms with Crippen molar-refractivity contribution < 1.29 is 19.0 Å². The van der Waals surface area contributed by atoms with Crippen LogP contribution in [-0.4, -0.2) is 80.6 Å². The van der Waals surface area contributed by atoms with Crippen LogP contribution in [0, 0.1) is 23.2 Å². The zero-order valence-electron chi connectivity index (χ0n) is 24.8. The van der Waals surface area contributed by atoms with Crippen molar-refractivity contribution in [1.29, 1.82) is 5.26 Å². The van der Waals surface area contributed by atoms with Gasteiger partial charge in [-0.05, 0) is 70.7 Å². The first-order valence-corrected chi connectivity index (χ1v) is 14.9. The Balaban J connectivity index is 1.46. The summed E-state index contributed by atoms with van der Waals surface area (Å²) in [6, 6.07) is 11.2. The predicted octanol–water partition coefficient (Wildman–Crippen LogP) is 4.34. The number of aliphatic imine (C=N–C) groups is 1. The molecule has 2 aliphatic rings. The number of nitriles is 1. The highest BCUT2D eigenvalue weighted by molar-refractivity contribution is 6.32.